The number of hydrogen-bond donors (Lipinski definition) is 1. The first-order valence-electron chi connectivity index (χ1n) is 5.41. The number of halogens is 1. The van der Waals surface area contributed by atoms with Gasteiger partial charge in [-0.1, -0.05) is 29.8 Å². The summed E-state index contributed by atoms with van der Waals surface area (Å²) in [7, 11) is 0. The van der Waals surface area contributed by atoms with Crippen molar-refractivity contribution in [1.82, 2.24) is 9.97 Å². The largest absolute Gasteiger partial charge is 0.340 e. The molecule has 2 aromatic rings. The number of nitrogens with one attached hydrogen (secondary N) is 1. The molecule has 0 amide bonds. The van der Waals surface area contributed by atoms with Crippen LogP contribution in [-0.2, 0) is 0 Å². The Bertz CT molecular complexity index is 552. The Hall–Kier alpha value is -1.61. The number of hydrogen-bond acceptors (Lipinski definition) is 3. The summed E-state index contributed by atoms with van der Waals surface area (Å²) in [5.74, 6) is 1.42. The average molecular weight is 248 g/mol. The molecule has 3 nitrogen and oxygen atoms in total. The van der Waals surface area contributed by atoms with Crippen molar-refractivity contribution >= 4 is 23.1 Å². The molecule has 4 heteroatoms. The molecule has 88 valence electrons. The van der Waals surface area contributed by atoms with Gasteiger partial charge in [0.1, 0.15) is 16.8 Å². The van der Waals surface area contributed by atoms with Crippen LogP contribution < -0.4 is 5.32 Å². The van der Waals surface area contributed by atoms with E-state index in [2.05, 4.69) is 15.3 Å². The van der Waals surface area contributed by atoms with Crippen LogP contribution >= 0.6 is 11.6 Å². The Balaban J connectivity index is 2.40. The molecule has 0 atom stereocenters. The molecule has 2 rings (SSSR count). The van der Waals surface area contributed by atoms with Crippen LogP contribution in [-0.4, -0.2) is 9.97 Å². The van der Waals surface area contributed by atoms with Crippen LogP contribution in [0.1, 0.15) is 17.0 Å². The topological polar surface area (TPSA) is 37.8 Å². The molecule has 0 saturated heterocycles. The third-order valence-corrected chi connectivity index (χ3v) is 2.96. The lowest BCUT2D eigenvalue weighted by Crippen LogP contribution is -2.02. The molecule has 0 spiro atoms. The first-order valence-corrected chi connectivity index (χ1v) is 5.79. The van der Waals surface area contributed by atoms with Gasteiger partial charge in [0.2, 0.25) is 0 Å². The molecule has 17 heavy (non-hydrogen) atoms. The average Bonchev–Trinajstić information content (AvgIpc) is 2.28. The van der Waals surface area contributed by atoms with Crippen LogP contribution in [0.4, 0.5) is 11.5 Å². The Morgan fingerprint density at radius 2 is 1.76 bits per heavy atom. The van der Waals surface area contributed by atoms with Crippen molar-refractivity contribution in [2.24, 2.45) is 0 Å². The second kappa shape index (κ2) is 4.72. The van der Waals surface area contributed by atoms with Gasteiger partial charge in [-0.15, -0.1) is 0 Å². The lowest BCUT2D eigenvalue weighted by Gasteiger charge is -2.12. The molecule has 0 fully saturated rings. The maximum Gasteiger partial charge on any atom is 0.138 e. The minimum atomic E-state index is 0.494. The zero-order chi connectivity index (χ0) is 12.4. The predicted molar refractivity (Wildman–Crippen MR) is 71.0 cm³/mol. The molecule has 0 radical (unpaired) electrons. The molecule has 0 unspecified atom stereocenters. The third-order valence-electron chi connectivity index (χ3n) is 2.60. The van der Waals surface area contributed by atoms with E-state index < -0.39 is 0 Å². The summed E-state index contributed by atoms with van der Waals surface area (Å²) in [5, 5.41) is 3.78. The van der Waals surface area contributed by atoms with Gasteiger partial charge in [-0.05, 0) is 32.4 Å². The molecule has 0 bridgehead atoms. The number of anilines is 2. The molecular weight excluding hydrogens is 234 g/mol. The minimum Gasteiger partial charge on any atom is -0.340 e. The molecule has 1 heterocycles. The van der Waals surface area contributed by atoms with Gasteiger partial charge in [-0.3, -0.25) is 0 Å². The highest BCUT2D eigenvalue weighted by atomic mass is 35.5. The number of benzene rings is 1. The van der Waals surface area contributed by atoms with Gasteiger partial charge in [0.15, 0.2) is 0 Å². The van der Waals surface area contributed by atoms with Crippen LogP contribution in [0.5, 0.6) is 0 Å². The highest BCUT2D eigenvalue weighted by Crippen LogP contribution is 2.24. The fourth-order valence-corrected chi connectivity index (χ4v) is 1.77. The van der Waals surface area contributed by atoms with Crippen molar-refractivity contribution in [3.63, 3.8) is 0 Å². The monoisotopic (exact) mass is 247 g/mol. The molecular formula is C13H14ClN3. The molecule has 0 aliphatic heterocycles. The van der Waals surface area contributed by atoms with Crippen LogP contribution in [0.25, 0.3) is 0 Å². The van der Waals surface area contributed by atoms with Crippen LogP contribution in [0, 0.1) is 20.8 Å². The fourth-order valence-electron chi connectivity index (χ4n) is 1.56. The van der Waals surface area contributed by atoms with Crippen molar-refractivity contribution < 1.29 is 0 Å². The highest BCUT2D eigenvalue weighted by Gasteiger charge is 2.08. The van der Waals surface area contributed by atoms with E-state index in [-0.39, 0.29) is 0 Å². The van der Waals surface area contributed by atoms with Gasteiger partial charge in [0.25, 0.3) is 0 Å². The standard InChI is InChI=1S/C13H14ClN3/c1-8-6-4-5-7-11(8)17-13-9(2)12(14)15-10(3)16-13/h4-7H,1-3H3,(H,15,16,17). The van der Waals surface area contributed by atoms with Crippen molar-refractivity contribution in [2.45, 2.75) is 20.8 Å². The normalized spacial score (nSPS) is 10.4. The SMILES string of the molecule is Cc1nc(Cl)c(C)c(Nc2ccccc2C)n1. The Kier molecular flexibility index (Phi) is 3.29. The number of aromatic nitrogens is 2. The van der Waals surface area contributed by atoms with E-state index in [0.717, 1.165) is 17.1 Å². The Morgan fingerprint density at radius 1 is 1.06 bits per heavy atom. The first-order chi connectivity index (χ1) is 8.08. The Labute approximate surface area is 106 Å². The van der Waals surface area contributed by atoms with Gasteiger partial charge >= 0.3 is 0 Å². The molecule has 0 saturated carbocycles. The summed E-state index contributed by atoms with van der Waals surface area (Å²) >= 11 is 6.03. The van der Waals surface area contributed by atoms with Crippen molar-refractivity contribution in [3.8, 4) is 0 Å². The van der Waals surface area contributed by atoms with E-state index in [1.165, 1.54) is 5.56 Å². The lowest BCUT2D eigenvalue weighted by molar-refractivity contribution is 1.04. The van der Waals surface area contributed by atoms with E-state index >= 15 is 0 Å². The van der Waals surface area contributed by atoms with E-state index in [0.29, 0.717) is 11.0 Å². The Morgan fingerprint density at radius 3 is 2.47 bits per heavy atom. The van der Waals surface area contributed by atoms with Gasteiger partial charge in [0, 0.05) is 11.3 Å². The predicted octanol–water partition coefficient (Wildman–Crippen LogP) is 3.80. The molecule has 1 aromatic heterocycles. The van der Waals surface area contributed by atoms with Gasteiger partial charge in [-0.2, -0.15) is 0 Å². The smallest absolute Gasteiger partial charge is 0.138 e. The maximum absolute atomic E-state index is 6.03. The quantitative estimate of drug-likeness (QED) is 0.821. The van der Waals surface area contributed by atoms with E-state index in [1.54, 1.807) is 0 Å². The zero-order valence-corrected chi connectivity index (χ0v) is 10.8. The molecule has 0 aliphatic rings. The summed E-state index contributed by atoms with van der Waals surface area (Å²) < 4.78 is 0. The second-order valence-corrected chi connectivity index (χ2v) is 4.33. The summed E-state index contributed by atoms with van der Waals surface area (Å²) in [5.41, 5.74) is 3.06. The van der Waals surface area contributed by atoms with Crippen LogP contribution in [0.15, 0.2) is 24.3 Å². The van der Waals surface area contributed by atoms with Crippen molar-refractivity contribution in [3.05, 3.63) is 46.4 Å². The van der Waals surface area contributed by atoms with E-state index in [9.17, 15) is 0 Å². The number of nitrogens with zero attached hydrogens (tertiary/aromatic N) is 2. The highest BCUT2D eigenvalue weighted by molar-refractivity contribution is 6.30. The first kappa shape index (κ1) is 11.9. The number of aryl methyl sites for hydroxylation is 2. The number of para-hydroxylation sites is 1. The number of rotatable bonds is 2. The zero-order valence-electron chi connectivity index (χ0n) is 10.1. The minimum absolute atomic E-state index is 0.494. The maximum atomic E-state index is 6.03. The van der Waals surface area contributed by atoms with Crippen molar-refractivity contribution in [2.75, 3.05) is 5.32 Å². The second-order valence-electron chi connectivity index (χ2n) is 3.98. The summed E-state index contributed by atoms with van der Waals surface area (Å²) in [6, 6.07) is 8.05. The summed E-state index contributed by atoms with van der Waals surface area (Å²) in [6.07, 6.45) is 0. The van der Waals surface area contributed by atoms with E-state index in [4.69, 9.17) is 11.6 Å². The lowest BCUT2D eigenvalue weighted by atomic mass is 10.2. The van der Waals surface area contributed by atoms with Crippen molar-refractivity contribution in [1.29, 1.82) is 0 Å². The molecule has 1 aromatic carbocycles. The molecule has 0 aliphatic carbocycles. The summed E-state index contributed by atoms with van der Waals surface area (Å²) in [4.78, 5) is 8.48. The van der Waals surface area contributed by atoms with Gasteiger partial charge in [-0.25, -0.2) is 9.97 Å². The van der Waals surface area contributed by atoms with Gasteiger partial charge in [0.05, 0.1) is 0 Å². The van der Waals surface area contributed by atoms with Crippen LogP contribution in [0.3, 0.4) is 0 Å². The van der Waals surface area contributed by atoms with E-state index in [1.807, 2.05) is 45.0 Å². The van der Waals surface area contributed by atoms with Crippen LogP contribution in [0.2, 0.25) is 5.15 Å². The third kappa shape index (κ3) is 2.56. The fraction of sp³-hybridized carbons (Fsp3) is 0.231. The molecule has 1 N–H and O–H groups in total. The van der Waals surface area contributed by atoms with Gasteiger partial charge < -0.3 is 5.32 Å². The summed E-state index contributed by atoms with van der Waals surface area (Å²) in [6.45, 7) is 5.78.